The molecule has 0 unspecified atom stereocenters. The predicted octanol–water partition coefficient (Wildman–Crippen LogP) is 4.53. The van der Waals surface area contributed by atoms with Crippen molar-refractivity contribution in [1.29, 1.82) is 0 Å². The largest absolute Gasteiger partial charge is 0.0954 e. The van der Waals surface area contributed by atoms with E-state index in [-0.39, 0.29) is 0 Å². The molecule has 0 aliphatic heterocycles. The van der Waals surface area contributed by atoms with E-state index in [1.165, 1.54) is 16.3 Å². The standard InChI is InChI=1S/C9H7I3/c1-5(2)9-7(11)3-6(10)4-8(9)12/h3-4H,1H2,2H3. The van der Waals surface area contributed by atoms with Gasteiger partial charge in [0.1, 0.15) is 0 Å². The highest BCUT2D eigenvalue weighted by atomic mass is 127. The number of allylic oxidation sites excluding steroid dienone is 1. The lowest BCUT2D eigenvalue weighted by molar-refractivity contribution is 1.46. The van der Waals surface area contributed by atoms with Crippen LogP contribution >= 0.6 is 67.8 Å². The van der Waals surface area contributed by atoms with E-state index in [1.807, 2.05) is 6.92 Å². The van der Waals surface area contributed by atoms with Crippen molar-refractivity contribution < 1.29 is 0 Å². The highest BCUT2D eigenvalue weighted by molar-refractivity contribution is 14.1. The summed E-state index contributed by atoms with van der Waals surface area (Å²) in [6, 6.07) is 4.35. The summed E-state index contributed by atoms with van der Waals surface area (Å²) < 4.78 is 3.86. The molecule has 1 aromatic rings. The Morgan fingerprint density at radius 1 is 1.17 bits per heavy atom. The summed E-state index contributed by atoms with van der Waals surface area (Å²) in [6.45, 7) is 6.01. The molecule has 0 atom stereocenters. The zero-order valence-electron chi connectivity index (χ0n) is 6.50. The van der Waals surface area contributed by atoms with Crippen LogP contribution < -0.4 is 0 Å². The van der Waals surface area contributed by atoms with Crippen LogP contribution in [-0.4, -0.2) is 0 Å². The fourth-order valence-electron chi connectivity index (χ4n) is 0.950. The molecule has 0 heterocycles. The third-order valence-electron chi connectivity index (χ3n) is 1.43. The van der Waals surface area contributed by atoms with Gasteiger partial charge in [0.15, 0.2) is 0 Å². The average molecular weight is 496 g/mol. The van der Waals surface area contributed by atoms with E-state index in [0.717, 1.165) is 5.57 Å². The molecule has 0 bridgehead atoms. The SMILES string of the molecule is C=C(C)c1c(I)cc(I)cc1I. The van der Waals surface area contributed by atoms with Gasteiger partial charge in [-0.2, -0.15) is 0 Å². The van der Waals surface area contributed by atoms with Crippen molar-refractivity contribution in [3.63, 3.8) is 0 Å². The third kappa shape index (κ3) is 2.57. The van der Waals surface area contributed by atoms with Crippen molar-refractivity contribution in [2.45, 2.75) is 6.92 Å². The summed E-state index contributed by atoms with van der Waals surface area (Å²) >= 11 is 7.04. The summed E-state index contributed by atoms with van der Waals surface area (Å²) in [7, 11) is 0. The molecule has 1 rings (SSSR count). The summed E-state index contributed by atoms with van der Waals surface area (Å²) in [5, 5.41) is 0. The van der Waals surface area contributed by atoms with Crippen LogP contribution in [0.15, 0.2) is 18.7 Å². The van der Waals surface area contributed by atoms with Gasteiger partial charge in [-0.05, 0) is 92.4 Å². The average Bonchev–Trinajstić information content (AvgIpc) is 1.82. The second kappa shape index (κ2) is 4.59. The normalized spacial score (nSPS) is 10.0. The van der Waals surface area contributed by atoms with Crippen molar-refractivity contribution in [1.82, 2.24) is 0 Å². The zero-order chi connectivity index (χ0) is 9.30. The quantitative estimate of drug-likeness (QED) is 0.502. The van der Waals surface area contributed by atoms with Gasteiger partial charge in [-0.25, -0.2) is 0 Å². The topological polar surface area (TPSA) is 0 Å². The molecule has 0 N–H and O–H groups in total. The molecule has 64 valence electrons. The fourth-order valence-corrected chi connectivity index (χ4v) is 5.45. The second-order valence-corrected chi connectivity index (χ2v) is 6.09. The number of benzene rings is 1. The van der Waals surface area contributed by atoms with Crippen molar-refractivity contribution in [3.8, 4) is 0 Å². The van der Waals surface area contributed by atoms with Gasteiger partial charge in [-0.1, -0.05) is 6.58 Å². The van der Waals surface area contributed by atoms with Crippen LogP contribution in [0.1, 0.15) is 12.5 Å². The van der Waals surface area contributed by atoms with Gasteiger partial charge < -0.3 is 0 Å². The third-order valence-corrected chi connectivity index (χ3v) is 3.76. The molecule has 0 amide bonds. The first-order valence-electron chi connectivity index (χ1n) is 3.33. The molecule has 0 aliphatic rings. The zero-order valence-corrected chi connectivity index (χ0v) is 13.0. The minimum Gasteiger partial charge on any atom is -0.0954 e. The van der Waals surface area contributed by atoms with Gasteiger partial charge in [-0.3, -0.25) is 0 Å². The van der Waals surface area contributed by atoms with Crippen LogP contribution in [0.5, 0.6) is 0 Å². The molecular formula is C9H7I3. The molecule has 0 saturated carbocycles. The molecule has 0 aromatic heterocycles. The van der Waals surface area contributed by atoms with E-state index in [9.17, 15) is 0 Å². The number of halogens is 3. The molecule has 0 fully saturated rings. The number of rotatable bonds is 1. The van der Waals surface area contributed by atoms with Crippen LogP contribution in [0.4, 0.5) is 0 Å². The maximum absolute atomic E-state index is 3.96. The van der Waals surface area contributed by atoms with Crippen molar-refractivity contribution in [2.24, 2.45) is 0 Å². The highest BCUT2D eigenvalue weighted by Gasteiger charge is 2.06. The Morgan fingerprint density at radius 2 is 1.58 bits per heavy atom. The maximum atomic E-state index is 3.96. The summed E-state index contributed by atoms with van der Waals surface area (Å²) in [6.07, 6.45) is 0. The van der Waals surface area contributed by atoms with Crippen LogP contribution in [0.2, 0.25) is 0 Å². The van der Waals surface area contributed by atoms with Crippen LogP contribution in [0.25, 0.3) is 5.57 Å². The van der Waals surface area contributed by atoms with E-state index < -0.39 is 0 Å². The Kier molecular flexibility index (Phi) is 4.29. The first kappa shape index (κ1) is 11.2. The van der Waals surface area contributed by atoms with Crippen molar-refractivity contribution >= 4 is 73.3 Å². The Hall–Kier alpha value is 1.15. The summed E-state index contributed by atoms with van der Waals surface area (Å²) in [5.41, 5.74) is 2.43. The van der Waals surface area contributed by atoms with Crippen molar-refractivity contribution in [2.75, 3.05) is 0 Å². The minimum absolute atomic E-state index is 1.14. The van der Waals surface area contributed by atoms with E-state index in [4.69, 9.17) is 0 Å². The van der Waals surface area contributed by atoms with Crippen LogP contribution in [-0.2, 0) is 0 Å². The molecule has 0 nitrogen and oxygen atoms in total. The Balaban J connectivity index is 3.38. The molecule has 0 saturated heterocycles. The fraction of sp³-hybridized carbons (Fsp3) is 0.111. The van der Waals surface area contributed by atoms with Gasteiger partial charge >= 0.3 is 0 Å². The van der Waals surface area contributed by atoms with Gasteiger partial charge in [0.25, 0.3) is 0 Å². The Labute approximate surface area is 114 Å². The minimum atomic E-state index is 1.14. The lowest BCUT2D eigenvalue weighted by Gasteiger charge is -2.07. The molecule has 3 heteroatoms. The lowest BCUT2D eigenvalue weighted by Crippen LogP contribution is -1.90. The van der Waals surface area contributed by atoms with E-state index in [1.54, 1.807) is 0 Å². The predicted molar refractivity (Wildman–Crippen MR) is 79.3 cm³/mol. The second-order valence-electron chi connectivity index (χ2n) is 2.52. The maximum Gasteiger partial charge on any atom is 0.0226 e. The monoisotopic (exact) mass is 496 g/mol. The first-order valence-corrected chi connectivity index (χ1v) is 6.56. The van der Waals surface area contributed by atoms with Crippen LogP contribution in [0.3, 0.4) is 0 Å². The van der Waals surface area contributed by atoms with Crippen molar-refractivity contribution in [3.05, 3.63) is 35.0 Å². The van der Waals surface area contributed by atoms with E-state index in [2.05, 4.69) is 86.5 Å². The molecular weight excluding hydrogens is 489 g/mol. The molecule has 0 spiro atoms. The highest BCUT2D eigenvalue weighted by Crippen LogP contribution is 2.27. The molecule has 0 aliphatic carbocycles. The van der Waals surface area contributed by atoms with Crippen LogP contribution in [0, 0.1) is 10.7 Å². The molecule has 1 aromatic carbocycles. The smallest absolute Gasteiger partial charge is 0.0226 e. The molecule has 0 radical (unpaired) electrons. The molecule has 12 heavy (non-hydrogen) atoms. The number of hydrogen-bond acceptors (Lipinski definition) is 0. The number of hydrogen-bond donors (Lipinski definition) is 0. The van der Waals surface area contributed by atoms with Gasteiger partial charge in [-0.15, -0.1) is 0 Å². The lowest BCUT2D eigenvalue weighted by atomic mass is 10.1. The van der Waals surface area contributed by atoms with Gasteiger partial charge in [0, 0.05) is 16.3 Å². The van der Waals surface area contributed by atoms with Gasteiger partial charge in [0.2, 0.25) is 0 Å². The van der Waals surface area contributed by atoms with E-state index in [0.29, 0.717) is 0 Å². The first-order chi connectivity index (χ1) is 5.52. The summed E-state index contributed by atoms with van der Waals surface area (Å²) in [4.78, 5) is 0. The summed E-state index contributed by atoms with van der Waals surface area (Å²) in [5.74, 6) is 0. The van der Waals surface area contributed by atoms with E-state index >= 15 is 0 Å². The Bertz CT molecular complexity index is 306. The Morgan fingerprint density at radius 3 is 1.92 bits per heavy atom. The van der Waals surface area contributed by atoms with Gasteiger partial charge in [0.05, 0.1) is 0 Å².